The first kappa shape index (κ1) is 68.0. The third-order valence-electron chi connectivity index (χ3n) is 12.5. The predicted molar refractivity (Wildman–Crippen MR) is 304 cm³/mol. The maximum atomic E-state index is 13.1. The summed E-state index contributed by atoms with van der Waals surface area (Å²) in [5, 5.41) is 86.2. The second kappa shape index (κ2) is 45.8. The Morgan fingerprint density at radius 2 is 0.908 bits per heavy atom. The van der Waals surface area contributed by atoms with Crippen LogP contribution < -0.4 is 5.32 Å². The van der Waals surface area contributed by atoms with E-state index in [1.54, 1.807) is 6.08 Å². The van der Waals surface area contributed by atoms with Crippen LogP contribution in [-0.4, -0.2) is 140 Å². The van der Waals surface area contributed by atoms with Gasteiger partial charge in [0.1, 0.15) is 48.8 Å². The topological polar surface area (TPSA) is 228 Å². The minimum atomic E-state index is -1.80. The number of hydrogen-bond donors (Lipinski definition) is 9. The number of amides is 1. The standard InChI is InChI=1S/C62H97NO13/c1-3-5-7-9-10-11-12-13-14-15-16-17-18-19-20-21-22-23-24-25-26-27-28-29-30-31-32-33-34-35-36-37-38-39-40-42-44-46-54(67)63-50(51(66)45-43-41-8-6-4-2)49-73-61-59(72)57(70)60(53(48-65)75-61)76-62-58(71)56(69)55(68)52(47-64)74-62/h5,7,10-11,13-14,16-17,19-20,22-23,25-26,28-29,31-32,34-35,37-38,43,45,50-53,55-62,64-66,68-72H,3-4,6,8-9,12,15,18,21,24,27,30,33,36,39-42,44,46-49H2,1-2H3,(H,63,67)/b7-5-,11-10-,14-13-,17-16-,20-19-,23-22-,26-25-,29-28-,32-31-,35-34-,38-37-,45-43+. The van der Waals surface area contributed by atoms with E-state index in [4.69, 9.17) is 18.9 Å². The summed E-state index contributed by atoms with van der Waals surface area (Å²) >= 11 is 0. The fourth-order valence-electron chi connectivity index (χ4n) is 8.00. The zero-order chi connectivity index (χ0) is 55.3. The molecule has 0 radical (unpaired) electrons. The Bertz CT molecular complexity index is 1830. The molecule has 2 aliphatic heterocycles. The summed E-state index contributed by atoms with van der Waals surface area (Å²) < 4.78 is 22.5. The van der Waals surface area contributed by atoms with E-state index in [-0.39, 0.29) is 18.9 Å². The molecule has 0 aromatic heterocycles. The van der Waals surface area contributed by atoms with Crippen molar-refractivity contribution in [3.05, 3.63) is 146 Å². The highest BCUT2D eigenvalue weighted by Crippen LogP contribution is 2.30. The Labute approximate surface area is 455 Å². The normalized spacial score (nSPS) is 26.0. The minimum absolute atomic E-state index is 0.229. The maximum absolute atomic E-state index is 13.1. The number of rotatable bonds is 41. The van der Waals surface area contributed by atoms with Gasteiger partial charge in [0.05, 0.1) is 32.0 Å². The second-order valence-corrected chi connectivity index (χ2v) is 19.0. The number of carbonyl (C=O) groups is 1. The summed E-state index contributed by atoms with van der Waals surface area (Å²) in [6.45, 7) is 2.48. The van der Waals surface area contributed by atoms with Gasteiger partial charge in [-0.15, -0.1) is 0 Å². The molecule has 0 saturated carbocycles. The number of carbonyl (C=O) groups excluding carboxylic acids is 1. The molecule has 2 rings (SSSR count). The average Bonchev–Trinajstić information content (AvgIpc) is 3.42. The zero-order valence-corrected chi connectivity index (χ0v) is 45.7. The van der Waals surface area contributed by atoms with Crippen LogP contribution in [-0.2, 0) is 23.7 Å². The smallest absolute Gasteiger partial charge is 0.220 e. The highest BCUT2D eigenvalue weighted by Gasteiger charge is 2.51. The lowest BCUT2D eigenvalue weighted by Gasteiger charge is -2.46. The molecule has 14 nitrogen and oxygen atoms in total. The van der Waals surface area contributed by atoms with E-state index in [2.05, 4.69) is 153 Å². The summed E-state index contributed by atoms with van der Waals surface area (Å²) in [6.07, 6.45) is 52.6. The van der Waals surface area contributed by atoms with Crippen molar-refractivity contribution in [2.75, 3.05) is 19.8 Å². The number of ether oxygens (including phenoxy) is 4. The molecule has 428 valence electrons. The van der Waals surface area contributed by atoms with Crippen molar-refractivity contribution in [2.45, 2.75) is 216 Å². The first-order chi connectivity index (χ1) is 37.1. The molecule has 0 bridgehead atoms. The molecule has 14 heteroatoms. The number of unbranched alkanes of at least 4 members (excludes halogenated alkanes) is 6. The summed E-state index contributed by atoms with van der Waals surface area (Å²) in [6, 6.07) is -0.939. The van der Waals surface area contributed by atoms with Crippen molar-refractivity contribution in [2.24, 2.45) is 0 Å². The van der Waals surface area contributed by atoms with Crippen LogP contribution in [0.25, 0.3) is 0 Å². The van der Waals surface area contributed by atoms with Gasteiger partial charge in [0, 0.05) is 6.42 Å². The lowest BCUT2D eigenvalue weighted by atomic mass is 9.97. The van der Waals surface area contributed by atoms with E-state index in [9.17, 15) is 45.6 Å². The van der Waals surface area contributed by atoms with Crippen LogP contribution in [0.15, 0.2) is 146 Å². The van der Waals surface area contributed by atoms with Crippen LogP contribution in [0.5, 0.6) is 0 Å². The first-order valence-electron chi connectivity index (χ1n) is 28.1. The molecule has 12 unspecified atom stereocenters. The number of nitrogens with one attached hydrogen (secondary N) is 1. The molecule has 0 aromatic rings. The highest BCUT2D eigenvalue weighted by molar-refractivity contribution is 5.76. The monoisotopic (exact) mass is 1060 g/mol. The summed E-state index contributed by atoms with van der Waals surface area (Å²) in [5.41, 5.74) is 0. The van der Waals surface area contributed by atoms with E-state index < -0.39 is 86.8 Å². The molecule has 1 amide bonds. The molecule has 2 aliphatic rings. The highest BCUT2D eigenvalue weighted by atomic mass is 16.7. The summed E-state index contributed by atoms with van der Waals surface area (Å²) in [7, 11) is 0. The largest absolute Gasteiger partial charge is 0.394 e. The quantitative estimate of drug-likeness (QED) is 0.0206. The number of aliphatic hydroxyl groups excluding tert-OH is 8. The van der Waals surface area contributed by atoms with Gasteiger partial charge >= 0.3 is 0 Å². The van der Waals surface area contributed by atoms with Crippen LogP contribution in [0.3, 0.4) is 0 Å². The van der Waals surface area contributed by atoms with Gasteiger partial charge in [-0.05, 0) is 103 Å². The minimum Gasteiger partial charge on any atom is -0.394 e. The van der Waals surface area contributed by atoms with Crippen LogP contribution >= 0.6 is 0 Å². The summed E-state index contributed by atoms with van der Waals surface area (Å²) in [5.74, 6) is -0.287. The first-order valence-corrected chi connectivity index (χ1v) is 28.1. The van der Waals surface area contributed by atoms with Gasteiger partial charge in [-0.25, -0.2) is 0 Å². The Hall–Kier alpha value is -4.13. The van der Waals surface area contributed by atoms with E-state index in [1.165, 1.54) is 0 Å². The lowest BCUT2D eigenvalue weighted by Crippen LogP contribution is -2.65. The van der Waals surface area contributed by atoms with Crippen molar-refractivity contribution >= 4 is 5.91 Å². The molecule has 0 aliphatic carbocycles. The van der Waals surface area contributed by atoms with Crippen LogP contribution in [0.1, 0.15) is 142 Å². The second-order valence-electron chi connectivity index (χ2n) is 19.0. The van der Waals surface area contributed by atoms with Crippen molar-refractivity contribution in [3.63, 3.8) is 0 Å². The molecule has 2 fully saturated rings. The van der Waals surface area contributed by atoms with Gasteiger partial charge < -0.3 is 65.1 Å². The molecule has 2 heterocycles. The zero-order valence-electron chi connectivity index (χ0n) is 45.7. The van der Waals surface area contributed by atoms with Gasteiger partial charge in [0.15, 0.2) is 12.6 Å². The van der Waals surface area contributed by atoms with Crippen molar-refractivity contribution < 1.29 is 64.6 Å². The Kier molecular flexibility index (Phi) is 41.0. The maximum Gasteiger partial charge on any atom is 0.220 e. The van der Waals surface area contributed by atoms with E-state index in [1.807, 2.05) is 6.08 Å². The predicted octanol–water partition coefficient (Wildman–Crippen LogP) is 8.99. The molecular weight excluding hydrogens is 967 g/mol. The number of hydrogen-bond acceptors (Lipinski definition) is 13. The molecule has 76 heavy (non-hydrogen) atoms. The molecule has 12 atom stereocenters. The molecule has 0 aromatic carbocycles. The van der Waals surface area contributed by atoms with Crippen molar-refractivity contribution in [1.82, 2.24) is 5.32 Å². The Morgan fingerprint density at radius 3 is 1.37 bits per heavy atom. The van der Waals surface area contributed by atoms with Gasteiger partial charge in [0.2, 0.25) is 5.91 Å². The third kappa shape index (κ3) is 31.3. The van der Waals surface area contributed by atoms with E-state index in [0.717, 1.165) is 116 Å². The Morgan fingerprint density at radius 1 is 0.487 bits per heavy atom. The van der Waals surface area contributed by atoms with Crippen LogP contribution in [0, 0.1) is 0 Å². The fraction of sp³-hybridized carbons (Fsp3) is 0.597. The van der Waals surface area contributed by atoms with Crippen LogP contribution in [0.2, 0.25) is 0 Å². The van der Waals surface area contributed by atoms with Crippen LogP contribution in [0.4, 0.5) is 0 Å². The van der Waals surface area contributed by atoms with Crippen molar-refractivity contribution in [1.29, 1.82) is 0 Å². The number of aliphatic hydroxyl groups is 8. The van der Waals surface area contributed by atoms with Gasteiger partial charge in [-0.1, -0.05) is 179 Å². The van der Waals surface area contributed by atoms with Gasteiger partial charge in [-0.2, -0.15) is 0 Å². The third-order valence-corrected chi connectivity index (χ3v) is 12.5. The molecule has 0 spiro atoms. The van der Waals surface area contributed by atoms with Crippen molar-refractivity contribution in [3.8, 4) is 0 Å². The SMILES string of the molecule is CC/C=C\C/C=C\C/C=C\C/C=C\C/C=C\C/C=C\C/C=C\C/C=C\C/C=C\C/C=C\C/C=C\CCCCCC(=O)NC(COC1OC(CO)C(OC2OC(CO)C(O)C(O)C2O)C(O)C1O)C(O)/C=C/CCCCC. The lowest BCUT2D eigenvalue weighted by molar-refractivity contribution is -0.359. The summed E-state index contributed by atoms with van der Waals surface area (Å²) in [4.78, 5) is 13.1. The molecular formula is C62H97NO13. The Balaban J connectivity index is 1.61. The number of allylic oxidation sites excluding steroid dienone is 23. The van der Waals surface area contributed by atoms with E-state index in [0.29, 0.717) is 6.42 Å². The fourth-order valence-corrected chi connectivity index (χ4v) is 8.00. The van der Waals surface area contributed by atoms with E-state index >= 15 is 0 Å². The van der Waals surface area contributed by atoms with Gasteiger partial charge in [-0.3, -0.25) is 4.79 Å². The molecule has 9 N–H and O–H groups in total. The average molecular weight is 1060 g/mol. The van der Waals surface area contributed by atoms with Gasteiger partial charge in [0.25, 0.3) is 0 Å². The molecule has 2 saturated heterocycles.